The van der Waals surface area contributed by atoms with Gasteiger partial charge in [-0.25, -0.2) is 15.3 Å². The molecule has 2 aromatic rings. The number of nitrogens with one attached hydrogen (secondary N) is 1. The first-order chi connectivity index (χ1) is 5.40. The van der Waals surface area contributed by atoms with E-state index in [-0.39, 0.29) is 0 Å². The van der Waals surface area contributed by atoms with Crippen LogP contribution in [-0.2, 0) is 0 Å². The first-order valence-corrected chi connectivity index (χ1v) is 3.17. The molecule has 0 saturated carbocycles. The van der Waals surface area contributed by atoms with Crippen LogP contribution < -0.4 is 11.3 Å². The van der Waals surface area contributed by atoms with Crippen LogP contribution in [0.1, 0.15) is 0 Å². The summed E-state index contributed by atoms with van der Waals surface area (Å²) in [6, 6.07) is 3.57. The highest BCUT2D eigenvalue weighted by Gasteiger charge is 1.97. The zero-order valence-corrected chi connectivity index (χ0v) is 5.73. The van der Waals surface area contributed by atoms with E-state index in [2.05, 4.69) is 15.5 Å². The Morgan fingerprint density at radius 3 is 3.18 bits per heavy atom. The number of rotatable bonds is 1. The van der Waals surface area contributed by atoms with Gasteiger partial charge in [0, 0.05) is 18.5 Å². The van der Waals surface area contributed by atoms with Crippen molar-refractivity contribution in [1.29, 1.82) is 0 Å². The second kappa shape index (κ2) is 2.21. The zero-order valence-electron chi connectivity index (χ0n) is 5.73. The molecule has 0 unspecified atom stereocenters. The van der Waals surface area contributed by atoms with E-state index in [1.807, 2.05) is 6.20 Å². The summed E-state index contributed by atoms with van der Waals surface area (Å²) in [5, 5.41) is 4.05. The van der Waals surface area contributed by atoms with Gasteiger partial charge in [-0.05, 0) is 6.07 Å². The lowest BCUT2D eigenvalue weighted by Gasteiger charge is -1.87. The quantitative estimate of drug-likeness (QED) is 0.443. The fraction of sp³-hybridized carbons (Fsp3) is 0. The minimum absolute atomic E-state index is 0.615. The van der Waals surface area contributed by atoms with Crippen molar-refractivity contribution in [2.45, 2.75) is 0 Å². The number of nitrogen functional groups attached to an aromatic ring is 1. The maximum absolute atomic E-state index is 5.16. The third kappa shape index (κ3) is 0.908. The molecule has 56 valence electrons. The second-order valence-electron chi connectivity index (χ2n) is 2.10. The Morgan fingerprint density at radius 2 is 2.45 bits per heavy atom. The molecule has 0 bridgehead atoms. The summed E-state index contributed by atoms with van der Waals surface area (Å²) in [6.45, 7) is 0. The Hall–Kier alpha value is -1.62. The van der Waals surface area contributed by atoms with Crippen molar-refractivity contribution < 1.29 is 0 Å². The molecule has 0 spiro atoms. The van der Waals surface area contributed by atoms with Crippen LogP contribution in [0.5, 0.6) is 0 Å². The molecular formula is C6H7N5. The number of anilines is 1. The molecule has 3 N–H and O–H groups in total. The molecule has 11 heavy (non-hydrogen) atoms. The van der Waals surface area contributed by atoms with E-state index in [1.165, 1.54) is 0 Å². The van der Waals surface area contributed by atoms with Gasteiger partial charge < -0.3 is 5.43 Å². The van der Waals surface area contributed by atoms with Crippen molar-refractivity contribution in [3.63, 3.8) is 0 Å². The maximum Gasteiger partial charge on any atom is 0.164 e. The van der Waals surface area contributed by atoms with Crippen LogP contribution in [0, 0.1) is 0 Å². The van der Waals surface area contributed by atoms with Crippen molar-refractivity contribution in [1.82, 2.24) is 14.6 Å². The normalized spacial score (nSPS) is 10.3. The van der Waals surface area contributed by atoms with Gasteiger partial charge in [-0.15, -0.1) is 5.10 Å². The van der Waals surface area contributed by atoms with Crippen molar-refractivity contribution in [2.24, 2.45) is 5.84 Å². The van der Waals surface area contributed by atoms with Crippen LogP contribution in [0.25, 0.3) is 5.65 Å². The lowest BCUT2D eigenvalue weighted by atomic mass is 10.6. The standard InChI is InChI=1S/C6H7N5/c7-9-5-4-6-8-2-1-3-11(6)10-5/h1-4H,7H2,(H,9,10). The van der Waals surface area contributed by atoms with Gasteiger partial charge in [0.25, 0.3) is 0 Å². The first-order valence-electron chi connectivity index (χ1n) is 3.17. The summed E-state index contributed by atoms with van der Waals surface area (Å²) in [4.78, 5) is 4.05. The molecule has 0 aromatic carbocycles. The largest absolute Gasteiger partial charge is 0.307 e. The van der Waals surface area contributed by atoms with E-state index in [0.29, 0.717) is 5.82 Å². The smallest absolute Gasteiger partial charge is 0.164 e. The van der Waals surface area contributed by atoms with E-state index < -0.39 is 0 Å². The van der Waals surface area contributed by atoms with Crippen molar-refractivity contribution in [3.8, 4) is 0 Å². The highest BCUT2D eigenvalue weighted by atomic mass is 15.3. The Morgan fingerprint density at radius 1 is 1.55 bits per heavy atom. The maximum atomic E-state index is 5.16. The van der Waals surface area contributed by atoms with Crippen molar-refractivity contribution >= 4 is 11.5 Å². The first kappa shape index (κ1) is 6.11. The predicted octanol–water partition coefficient (Wildman–Crippen LogP) is 0.0149. The number of hydrogen-bond acceptors (Lipinski definition) is 4. The summed E-state index contributed by atoms with van der Waals surface area (Å²) in [5.41, 5.74) is 3.22. The molecule has 2 rings (SSSR count). The lowest BCUT2D eigenvalue weighted by molar-refractivity contribution is 0.938. The van der Waals surface area contributed by atoms with E-state index in [9.17, 15) is 0 Å². The fourth-order valence-corrected chi connectivity index (χ4v) is 0.901. The van der Waals surface area contributed by atoms with Crippen LogP contribution in [0.15, 0.2) is 24.5 Å². The van der Waals surface area contributed by atoms with Gasteiger partial charge in [-0.3, -0.25) is 0 Å². The summed E-state index contributed by atoms with van der Waals surface area (Å²) < 4.78 is 1.65. The highest BCUT2D eigenvalue weighted by Crippen LogP contribution is 2.04. The molecule has 0 radical (unpaired) electrons. The lowest BCUT2D eigenvalue weighted by Crippen LogP contribution is -2.06. The molecule has 5 heteroatoms. The number of nitrogens with two attached hydrogens (primary N) is 1. The summed E-state index contributed by atoms with van der Waals surface area (Å²) in [7, 11) is 0. The molecule has 0 aliphatic rings. The summed E-state index contributed by atoms with van der Waals surface area (Å²) >= 11 is 0. The zero-order chi connectivity index (χ0) is 7.68. The number of nitrogens with zero attached hydrogens (tertiary/aromatic N) is 3. The minimum Gasteiger partial charge on any atom is -0.307 e. The minimum atomic E-state index is 0.615. The average molecular weight is 149 g/mol. The van der Waals surface area contributed by atoms with Crippen molar-refractivity contribution in [3.05, 3.63) is 24.5 Å². The van der Waals surface area contributed by atoms with Gasteiger partial charge in [0.2, 0.25) is 0 Å². The van der Waals surface area contributed by atoms with Crippen LogP contribution in [-0.4, -0.2) is 14.6 Å². The number of hydrazine groups is 1. The Kier molecular flexibility index (Phi) is 1.23. The molecule has 0 fully saturated rings. The van der Waals surface area contributed by atoms with E-state index in [0.717, 1.165) is 5.65 Å². The molecule has 0 saturated heterocycles. The van der Waals surface area contributed by atoms with Crippen molar-refractivity contribution in [2.75, 3.05) is 5.43 Å². The molecular weight excluding hydrogens is 142 g/mol. The van der Waals surface area contributed by atoms with Crippen LogP contribution >= 0.6 is 0 Å². The van der Waals surface area contributed by atoms with Gasteiger partial charge in [0.05, 0.1) is 0 Å². The third-order valence-corrected chi connectivity index (χ3v) is 1.38. The Bertz CT molecular complexity index is 333. The van der Waals surface area contributed by atoms with Gasteiger partial charge in [0.1, 0.15) is 0 Å². The molecule has 0 aliphatic heterocycles. The molecule has 5 nitrogen and oxygen atoms in total. The van der Waals surface area contributed by atoms with Gasteiger partial charge in [0.15, 0.2) is 11.5 Å². The van der Waals surface area contributed by atoms with E-state index in [4.69, 9.17) is 5.84 Å². The highest BCUT2D eigenvalue weighted by molar-refractivity contribution is 5.49. The molecule has 0 aliphatic carbocycles. The summed E-state index contributed by atoms with van der Waals surface area (Å²) in [5.74, 6) is 5.77. The van der Waals surface area contributed by atoms with Gasteiger partial charge >= 0.3 is 0 Å². The molecule has 2 aromatic heterocycles. The topological polar surface area (TPSA) is 68.2 Å². The predicted molar refractivity (Wildman–Crippen MR) is 40.8 cm³/mol. The molecule has 2 heterocycles. The molecule has 0 atom stereocenters. The Labute approximate surface area is 62.8 Å². The van der Waals surface area contributed by atoms with Gasteiger partial charge in [-0.1, -0.05) is 0 Å². The number of fused-ring (bicyclic) bond motifs is 1. The van der Waals surface area contributed by atoms with E-state index >= 15 is 0 Å². The number of aromatic nitrogens is 3. The van der Waals surface area contributed by atoms with Gasteiger partial charge in [-0.2, -0.15) is 0 Å². The van der Waals surface area contributed by atoms with Crippen LogP contribution in [0.4, 0.5) is 5.82 Å². The SMILES string of the molecule is NNc1cc2ncccn2n1. The van der Waals surface area contributed by atoms with Crippen LogP contribution in [0.3, 0.4) is 0 Å². The second-order valence-corrected chi connectivity index (χ2v) is 2.10. The summed E-state index contributed by atoms with van der Waals surface area (Å²) in [6.07, 6.45) is 3.51. The number of hydrogen-bond donors (Lipinski definition) is 2. The van der Waals surface area contributed by atoms with E-state index in [1.54, 1.807) is 22.8 Å². The third-order valence-electron chi connectivity index (χ3n) is 1.38. The van der Waals surface area contributed by atoms with Crippen LogP contribution in [0.2, 0.25) is 0 Å². The fourth-order valence-electron chi connectivity index (χ4n) is 0.901. The molecule has 0 amide bonds. The Balaban J connectivity index is 2.69. The average Bonchev–Trinajstić information content (AvgIpc) is 2.46. The monoisotopic (exact) mass is 149 g/mol.